The Morgan fingerprint density at radius 3 is 2.57 bits per heavy atom. The molecule has 1 fully saturated rings. The lowest BCUT2D eigenvalue weighted by atomic mass is 10.2. The highest BCUT2D eigenvalue weighted by atomic mass is 16.5. The van der Waals surface area contributed by atoms with E-state index in [4.69, 9.17) is 19.4 Å². The first kappa shape index (κ1) is 19.9. The molecule has 156 valence electrons. The van der Waals surface area contributed by atoms with Crippen LogP contribution < -0.4 is 14.4 Å². The number of carbonyl (C=O) groups is 1. The quantitative estimate of drug-likeness (QED) is 0.643. The standard InChI is InChI=1S/C22H25N5O3/c1-4-21(28)27-10-8-26(9-11-27)20-7-5-6-17(24-20)22-23-14-16-18(25-22)12-15(29-2)13-19(16)30-3/h5-7,12-14H,4,8-11H2,1-3H3. The van der Waals surface area contributed by atoms with Gasteiger partial charge in [-0.15, -0.1) is 0 Å². The fraction of sp³-hybridized carbons (Fsp3) is 0.364. The molecule has 0 spiro atoms. The van der Waals surface area contributed by atoms with Crippen LogP contribution >= 0.6 is 0 Å². The summed E-state index contributed by atoms with van der Waals surface area (Å²) in [4.78, 5) is 30.0. The smallest absolute Gasteiger partial charge is 0.222 e. The Labute approximate surface area is 175 Å². The van der Waals surface area contributed by atoms with Crippen molar-refractivity contribution in [2.45, 2.75) is 13.3 Å². The molecule has 1 aliphatic heterocycles. The number of hydrogen-bond donors (Lipinski definition) is 0. The van der Waals surface area contributed by atoms with Crippen LogP contribution in [0.15, 0.2) is 36.5 Å². The Kier molecular flexibility index (Phi) is 5.65. The van der Waals surface area contributed by atoms with E-state index < -0.39 is 0 Å². The summed E-state index contributed by atoms with van der Waals surface area (Å²) in [5.41, 5.74) is 1.43. The molecule has 0 unspecified atom stereocenters. The summed E-state index contributed by atoms with van der Waals surface area (Å²) in [6.07, 6.45) is 2.29. The molecule has 2 aromatic heterocycles. The maximum absolute atomic E-state index is 11.9. The lowest BCUT2D eigenvalue weighted by Crippen LogP contribution is -2.48. The summed E-state index contributed by atoms with van der Waals surface area (Å²) in [7, 11) is 3.22. The SMILES string of the molecule is CCC(=O)N1CCN(c2cccc(-c3ncc4c(OC)cc(OC)cc4n3)n2)CC1. The first-order valence-electron chi connectivity index (χ1n) is 10.0. The number of fused-ring (bicyclic) bond motifs is 1. The molecule has 1 amide bonds. The van der Waals surface area contributed by atoms with Crippen molar-refractivity contribution in [3.05, 3.63) is 36.5 Å². The van der Waals surface area contributed by atoms with Gasteiger partial charge in [0.05, 0.1) is 25.1 Å². The third kappa shape index (κ3) is 3.85. The minimum Gasteiger partial charge on any atom is -0.497 e. The van der Waals surface area contributed by atoms with Crippen LogP contribution in [0.4, 0.5) is 5.82 Å². The maximum atomic E-state index is 11.9. The van der Waals surface area contributed by atoms with Gasteiger partial charge in [-0.2, -0.15) is 0 Å². The molecule has 4 rings (SSSR count). The van der Waals surface area contributed by atoms with Crippen molar-refractivity contribution in [1.82, 2.24) is 19.9 Å². The van der Waals surface area contributed by atoms with Gasteiger partial charge in [0, 0.05) is 50.9 Å². The Hall–Kier alpha value is -3.42. The van der Waals surface area contributed by atoms with Crippen molar-refractivity contribution in [2.75, 3.05) is 45.3 Å². The predicted octanol–water partition coefficient (Wildman–Crippen LogP) is 2.77. The number of ether oxygens (including phenoxy) is 2. The molecule has 8 heteroatoms. The number of piperazine rings is 1. The summed E-state index contributed by atoms with van der Waals surface area (Å²) in [6, 6.07) is 9.51. The summed E-state index contributed by atoms with van der Waals surface area (Å²) in [6.45, 7) is 4.84. The van der Waals surface area contributed by atoms with Crippen LogP contribution in [0.3, 0.4) is 0 Å². The number of rotatable bonds is 5. The predicted molar refractivity (Wildman–Crippen MR) is 115 cm³/mol. The van der Waals surface area contributed by atoms with Gasteiger partial charge in [0.25, 0.3) is 0 Å². The lowest BCUT2D eigenvalue weighted by molar-refractivity contribution is -0.131. The zero-order valence-corrected chi connectivity index (χ0v) is 17.5. The minimum absolute atomic E-state index is 0.201. The molecule has 3 heterocycles. The Balaban J connectivity index is 1.61. The summed E-state index contributed by atoms with van der Waals surface area (Å²) >= 11 is 0. The molecule has 0 N–H and O–H groups in total. The van der Waals surface area contributed by atoms with Crippen LogP contribution in [0.5, 0.6) is 11.5 Å². The molecule has 30 heavy (non-hydrogen) atoms. The fourth-order valence-corrected chi connectivity index (χ4v) is 3.62. The van der Waals surface area contributed by atoms with Gasteiger partial charge in [-0.05, 0) is 12.1 Å². The Morgan fingerprint density at radius 1 is 1.07 bits per heavy atom. The van der Waals surface area contributed by atoms with E-state index in [2.05, 4.69) is 9.88 Å². The Morgan fingerprint density at radius 2 is 1.87 bits per heavy atom. The highest BCUT2D eigenvalue weighted by Crippen LogP contribution is 2.31. The Bertz CT molecular complexity index is 1060. The van der Waals surface area contributed by atoms with E-state index in [0.29, 0.717) is 42.5 Å². The number of hydrogen-bond acceptors (Lipinski definition) is 7. The number of methoxy groups -OCH3 is 2. The third-order valence-corrected chi connectivity index (χ3v) is 5.31. The zero-order valence-electron chi connectivity index (χ0n) is 17.5. The van der Waals surface area contributed by atoms with Crippen LogP contribution in [0.25, 0.3) is 22.4 Å². The summed E-state index contributed by atoms with van der Waals surface area (Å²) < 4.78 is 10.8. The van der Waals surface area contributed by atoms with Gasteiger partial charge in [-0.1, -0.05) is 13.0 Å². The van der Waals surface area contributed by atoms with Crippen LogP contribution in [0.2, 0.25) is 0 Å². The van der Waals surface area contributed by atoms with E-state index in [0.717, 1.165) is 29.8 Å². The van der Waals surface area contributed by atoms with Gasteiger partial charge in [-0.3, -0.25) is 4.79 Å². The van der Waals surface area contributed by atoms with E-state index in [1.807, 2.05) is 42.2 Å². The van der Waals surface area contributed by atoms with Crippen LogP contribution in [0.1, 0.15) is 13.3 Å². The summed E-state index contributed by atoms with van der Waals surface area (Å²) in [5, 5.41) is 0.815. The van der Waals surface area contributed by atoms with E-state index >= 15 is 0 Å². The van der Waals surface area contributed by atoms with Gasteiger partial charge in [0.1, 0.15) is 23.0 Å². The molecule has 8 nitrogen and oxygen atoms in total. The third-order valence-electron chi connectivity index (χ3n) is 5.31. The largest absolute Gasteiger partial charge is 0.497 e. The number of aromatic nitrogens is 3. The molecule has 3 aromatic rings. The number of anilines is 1. The number of carbonyl (C=O) groups excluding carboxylic acids is 1. The van der Waals surface area contributed by atoms with Crippen LogP contribution in [0, 0.1) is 0 Å². The van der Waals surface area contributed by atoms with Crippen molar-refractivity contribution in [3.8, 4) is 23.0 Å². The van der Waals surface area contributed by atoms with Gasteiger partial charge < -0.3 is 19.3 Å². The van der Waals surface area contributed by atoms with Crippen molar-refractivity contribution in [3.63, 3.8) is 0 Å². The number of nitrogens with zero attached hydrogens (tertiary/aromatic N) is 5. The van der Waals surface area contributed by atoms with E-state index in [1.165, 1.54) is 0 Å². The van der Waals surface area contributed by atoms with Gasteiger partial charge in [0.15, 0.2) is 5.82 Å². The highest BCUT2D eigenvalue weighted by Gasteiger charge is 2.21. The molecule has 0 saturated carbocycles. The normalized spacial score (nSPS) is 14.1. The second kappa shape index (κ2) is 8.52. The summed E-state index contributed by atoms with van der Waals surface area (Å²) in [5.74, 6) is 2.94. The zero-order chi connectivity index (χ0) is 21.1. The molecule has 1 aliphatic rings. The first-order valence-corrected chi connectivity index (χ1v) is 10.0. The van der Waals surface area contributed by atoms with Crippen molar-refractivity contribution in [2.24, 2.45) is 0 Å². The van der Waals surface area contributed by atoms with Gasteiger partial charge >= 0.3 is 0 Å². The molecular formula is C22H25N5O3. The van der Waals surface area contributed by atoms with Crippen LogP contribution in [-0.2, 0) is 4.79 Å². The minimum atomic E-state index is 0.201. The van der Waals surface area contributed by atoms with Crippen molar-refractivity contribution in [1.29, 1.82) is 0 Å². The topological polar surface area (TPSA) is 80.7 Å². The molecule has 0 bridgehead atoms. The van der Waals surface area contributed by atoms with E-state index in [9.17, 15) is 4.79 Å². The number of pyridine rings is 1. The molecule has 1 aromatic carbocycles. The van der Waals surface area contributed by atoms with Gasteiger partial charge in [-0.25, -0.2) is 15.0 Å². The fourth-order valence-electron chi connectivity index (χ4n) is 3.62. The highest BCUT2D eigenvalue weighted by molar-refractivity contribution is 5.87. The molecular weight excluding hydrogens is 382 g/mol. The van der Waals surface area contributed by atoms with Crippen molar-refractivity contribution >= 4 is 22.6 Å². The first-order chi connectivity index (χ1) is 14.6. The molecule has 0 atom stereocenters. The lowest BCUT2D eigenvalue weighted by Gasteiger charge is -2.35. The number of benzene rings is 1. The average Bonchev–Trinajstić information content (AvgIpc) is 2.82. The average molecular weight is 407 g/mol. The molecule has 0 aliphatic carbocycles. The van der Waals surface area contributed by atoms with E-state index in [-0.39, 0.29) is 5.91 Å². The second-order valence-corrected chi connectivity index (χ2v) is 7.06. The second-order valence-electron chi connectivity index (χ2n) is 7.06. The maximum Gasteiger partial charge on any atom is 0.222 e. The van der Waals surface area contributed by atoms with Crippen molar-refractivity contribution < 1.29 is 14.3 Å². The monoisotopic (exact) mass is 407 g/mol. The van der Waals surface area contributed by atoms with Crippen LogP contribution in [-0.4, -0.2) is 66.2 Å². The van der Waals surface area contributed by atoms with E-state index in [1.54, 1.807) is 20.4 Å². The molecule has 1 saturated heterocycles. The molecule has 0 radical (unpaired) electrons. The van der Waals surface area contributed by atoms with Gasteiger partial charge in [0.2, 0.25) is 5.91 Å². The number of amides is 1.